The van der Waals surface area contributed by atoms with Crippen molar-refractivity contribution in [1.82, 2.24) is 10.2 Å². The van der Waals surface area contributed by atoms with Crippen LogP contribution in [0.15, 0.2) is 24.8 Å². The molecule has 0 saturated carbocycles. The van der Waals surface area contributed by atoms with Gasteiger partial charge in [-0.15, -0.1) is 0 Å². The van der Waals surface area contributed by atoms with Crippen LogP contribution in [0.1, 0.15) is 41.5 Å². The number of hydrogen-bond donors (Lipinski definition) is 1. The first-order chi connectivity index (χ1) is 8.88. The van der Waals surface area contributed by atoms with Crippen LogP contribution in [0.4, 0.5) is 0 Å². The summed E-state index contributed by atoms with van der Waals surface area (Å²) in [4.78, 5) is 33.9. The first-order valence-corrected chi connectivity index (χ1v) is 6.39. The average molecular weight is 280 g/mol. The summed E-state index contributed by atoms with van der Waals surface area (Å²) in [6, 6.07) is 0. The van der Waals surface area contributed by atoms with E-state index in [2.05, 4.69) is 11.9 Å². The summed E-state index contributed by atoms with van der Waals surface area (Å²) in [7, 11) is 0. The van der Waals surface area contributed by atoms with Crippen LogP contribution in [0.5, 0.6) is 0 Å². The molecular weight excluding hydrogens is 256 g/mol. The van der Waals surface area contributed by atoms with Gasteiger partial charge < -0.3 is 5.32 Å². The Morgan fingerprint density at radius 1 is 1.10 bits per heavy atom. The third-order valence-electron chi connectivity index (χ3n) is 2.16. The van der Waals surface area contributed by atoms with E-state index in [1.54, 1.807) is 0 Å². The number of imide groups is 1. The maximum absolute atomic E-state index is 11.0. The van der Waals surface area contributed by atoms with Crippen molar-refractivity contribution in [2.24, 2.45) is 0 Å². The topological polar surface area (TPSA) is 66.5 Å². The second-order valence-corrected chi connectivity index (χ2v) is 6.46. The predicted octanol–water partition coefficient (Wildman–Crippen LogP) is 1.80. The minimum atomic E-state index is -0.405. The summed E-state index contributed by atoms with van der Waals surface area (Å²) in [5.41, 5.74) is -0.553. The first-order valence-electron chi connectivity index (χ1n) is 6.39. The van der Waals surface area contributed by atoms with Crippen molar-refractivity contribution in [3.63, 3.8) is 0 Å². The molecule has 0 unspecified atom stereocenters. The zero-order valence-corrected chi connectivity index (χ0v) is 13.1. The third-order valence-corrected chi connectivity index (χ3v) is 2.16. The number of carbonyl (C=O) groups excluding carboxylic acids is 3. The molecule has 0 bridgehead atoms. The molecule has 0 fully saturated rings. The molecule has 5 nitrogen and oxygen atoms in total. The number of carbonyl (C=O) groups is 3. The van der Waals surface area contributed by atoms with Crippen molar-refractivity contribution < 1.29 is 14.4 Å². The van der Waals surface area contributed by atoms with Gasteiger partial charge in [0.15, 0.2) is 0 Å². The van der Waals surface area contributed by atoms with Gasteiger partial charge in [-0.3, -0.25) is 19.3 Å². The van der Waals surface area contributed by atoms with Crippen molar-refractivity contribution in [3.8, 4) is 0 Å². The highest BCUT2D eigenvalue weighted by Crippen LogP contribution is 2.17. The molecule has 0 aromatic heterocycles. The lowest BCUT2D eigenvalue weighted by Gasteiger charge is -2.29. The molecule has 1 aliphatic rings. The average Bonchev–Trinajstić information content (AvgIpc) is 2.56. The minimum absolute atomic E-state index is 0.123. The van der Waals surface area contributed by atoms with Crippen LogP contribution in [0.2, 0.25) is 0 Å². The van der Waals surface area contributed by atoms with E-state index in [9.17, 15) is 14.4 Å². The van der Waals surface area contributed by atoms with Gasteiger partial charge in [0, 0.05) is 23.2 Å². The van der Waals surface area contributed by atoms with Crippen LogP contribution in [-0.4, -0.2) is 33.7 Å². The van der Waals surface area contributed by atoms with Gasteiger partial charge >= 0.3 is 0 Å². The Morgan fingerprint density at radius 2 is 1.50 bits per heavy atom. The van der Waals surface area contributed by atoms with E-state index < -0.39 is 5.54 Å². The lowest BCUT2D eigenvalue weighted by molar-refractivity contribution is -0.142. The van der Waals surface area contributed by atoms with Crippen molar-refractivity contribution >= 4 is 17.7 Å². The van der Waals surface area contributed by atoms with E-state index in [-0.39, 0.29) is 23.3 Å². The lowest BCUT2D eigenvalue weighted by atomic mass is 10.1. The summed E-state index contributed by atoms with van der Waals surface area (Å²) in [6.07, 6.45) is 3.87. The number of nitrogens with zero attached hydrogens (tertiary/aromatic N) is 1. The second kappa shape index (κ2) is 6.50. The molecular formula is C15H24N2O3. The molecule has 0 aliphatic carbocycles. The fourth-order valence-corrected chi connectivity index (χ4v) is 1.48. The maximum atomic E-state index is 11.0. The fraction of sp³-hybridized carbons (Fsp3) is 0.533. The van der Waals surface area contributed by atoms with Crippen molar-refractivity contribution in [2.45, 2.75) is 52.6 Å². The quantitative estimate of drug-likeness (QED) is 0.588. The zero-order chi connectivity index (χ0) is 16.1. The summed E-state index contributed by atoms with van der Waals surface area (Å²) >= 11 is 0. The van der Waals surface area contributed by atoms with Gasteiger partial charge in [0.25, 0.3) is 11.8 Å². The van der Waals surface area contributed by atoms with Crippen LogP contribution in [0, 0.1) is 0 Å². The van der Waals surface area contributed by atoms with Crippen molar-refractivity contribution in [2.75, 3.05) is 0 Å². The molecule has 3 amide bonds. The number of hydrogen-bond acceptors (Lipinski definition) is 3. The molecule has 1 N–H and O–H groups in total. The number of amides is 3. The second-order valence-electron chi connectivity index (χ2n) is 6.46. The summed E-state index contributed by atoms with van der Waals surface area (Å²) in [6.45, 7) is 14.6. The Morgan fingerprint density at radius 3 is 1.65 bits per heavy atom. The Hall–Kier alpha value is -1.91. The van der Waals surface area contributed by atoms with Crippen molar-refractivity contribution in [1.29, 1.82) is 0 Å². The van der Waals surface area contributed by atoms with Gasteiger partial charge in [-0.05, 0) is 47.6 Å². The van der Waals surface area contributed by atoms with E-state index in [0.717, 1.165) is 0 Å². The van der Waals surface area contributed by atoms with Crippen LogP contribution < -0.4 is 5.32 Å². The molecule has 0 saturated heterocycles. The van der Waals surface area contributed by atoms with E-state index in [1.165, 1.54) is 23.1 Å². The molecule has 1 heterocycles. The summed E-state index contributed by atoms with van der Waals surface area (Å²) < 4.78 is 0. The molecule has 1 aliphatic heterocycles. The van der Waals surface area contributed by atoms with E-state index in [0.29, 0.717) is 0 Å². The highest BCUT2D eigenvalue weighted by molar-refractivity contribution is 6.13. The van der Waals surface area contributed by atoms with Crippen LogP contribution >= 0.6 is 0 Å². The standard InChI is InChI=1S/C8H11NO2.C7H13NO/c1-8(2,3)9-6(10)4-5-7(9)11;1-5-6(9)8-7(2,3)4/h4-5H,1-3H3;5H,1H2,2-4H3,(H,8,9). The SMILES string of the molecule is C=CC(=O)NC(C)(C)C.CC(C)(C)N1C(=O)C=CC1=O. The van der Waals surface area contributed by atoms with E-state index in [1.807, 2.05) is 41.5 Å². The molecule has 20 heavy (non-hydrogen) atoms. The van der Waals surface area contributed by atoms with Gasteiger partial charge in [-0.1, -0.05) is 6.58 Å². The van der Waals surface area contributed by atoms with Gasteiger partial charge in [-0.25, -0.2) is 0 Å². The Kier molecular flexibility index (Phi) is 5.88. The predicted molar refractivity (Wildman–Crippen MR) is 78.8 cm³/mol. The van der Waals surface area contributed by atoms with Gasteiger partial charge in [0.1, 0.15) is 0 Å². The zero-order valence-electron chi connectivity index (χ0n) is 13.1. The molecule has 0 aromatic rings. The molecule has 0 spiro atoms. The normalized spacial score (nSPS) is 14.8. The molecule has 0 atom stereocenters. The molecule has 0 radical (unpaired) electrons. The van der Waals surface area contributed by atoms with Gasteiger partial charge in [-0.2, -0.15) is 0 Å². The fourth-order valence-electron chi connectivity index (χ4n) is 1.48. The molecule has 1 rings (SSSR count). The molecule has 5 heteroatoms. The maximum Gasteiger partial charge on any atom is 0.254 e. The highest BCUT2D eigenvalue weighted by Gasteiger charge is 2.33. The number of nitrogens with one attached hydrogen (secondary N) is 1. The molecule has 112 valence electrons. The number of rotatable bonds is 1. The lowest BCUT2D eigenvalue weighted by Crippen LogP contribution is -2.45. The van der Waals surface area contributed by atoms with Gasteiger partial charge in [0.2, 0.25) is 5.91 Å². The van der Waals surface area contributed by atoms with Crippen LogP contribution in [-0.2, 0) is 14.4 Å². The Bertz CT molecular complexity index is 419. The third kappa shape index (κ3) is 6.31. The summed E-state index contributed by atoms with van der Waals surface area (Å²) in [5, 5.41) is 2.71. The van der Waals surface area contributed by atoms with Gasteiger partial charge in [0.05, 0.1) is 0 Å². The van der Waals surface area contributed by atoms with Crippen LogP contribution in [0.25, 0.3) is 0 Å². The smallest absolute Gasteiger partial charge is 0.254 e. The highest BCUT2D eigenvalue weighted by atomic mass is 16.2. The first kappa shape index (κ1) is 18.1. The monoisotopic (exact) mass is 280 g/mol. The van der Waals surface area contributed by atoms with E-state index in [4.69, 9.17) is 0 Å². The largest absolute Gasteiger partial charge is 0.348 e. The van der Waals surface area contributed by atoms with Crippen LogP contribution in [0.3, 0.4) is 0 Å². The van der Waals surface area contributed by atoms with Crippen molar-refractivity contribution in [3.05, 3.63) is 24.8 Å². The Balaban J connectivity index is 0.000000370. The summed E-state index contributed by atoms with van der Waals surface area (Å²) in [5.74, 6) is -0.562. The Labute approximate surface area is 120 Å². The molecule has 0 aromatic carbocycles. The van der Waals surface area contributed by atoms with E-state index >= 15 is 0 Å². The minimum Gasteiger partial charge on any atom is -0.348 e.